The first-order chi connectivity index (χ1) is 12.6. The summed E-state index contributed by atoms with van der Waals surface area (Å²) in [6.07, 6.45) is 2.05. The molecule has 8 heteroatoms. The summed E-state index contributed by atoms with van der Waals surface area (Å²) in [5.74, 6) is -0.0192. The highest BCUT2D eigenvalue weighted by atomic mass is 35.5. The normalized spacial score (nSPS) is 15.2. The van der Waals surface area contributed by atoms with Crippen molar-refractivity contribution in [2.75, 3.05) is 26.7 Å². The van der Waals surface area contributed by atoms with E-state index in [4.69, 9.17) is 0 Å². The molecule has 1 aliphatic rings. The Morgan fingerprint density at radius 2 is 1.46 bits per heavy atom. The van der Waals surface area contributed by atoms with E-state index in [1.165, 1.54) is 0 Å². The van der Waals surface area contributed by atoms with Gasteiger partial charge in [-0.1, -0.05) is 0 Å². The molecule has 1 heterocycles. The molecule has 1 saturated heterocycles. The Morgan fingerprint density at radius 3 is 1.96 bits per heavy atom. The zero-order chi connectivity index (χ0) is 20.4. The average molecular weight is 432 g/mol. The van der Waals surface area contributed by atoms with Gasteiger partial charge in [-0.15, -0.1) is 12.4 Å². The number of benzene rings is 1. The van der Waals surface area contributed by atoms with E-state index in [9.17, 15) is 13.2 Å². The Kier molecular flexibility index (Phi) is 8.93. The van der Waals surface area contributed by atoms with E-state index in [-0.39, 0.29) is 37.3 Å². The van der Waals surface area contributed by atoms with Gasteiger partial charge < -0.3 is 10.2 Å². The van der Waals surface area contributed by atoms with Crippen molar-refractivity contribution in [2.45, 2.75) is 64.8 Å². The minimum absolute atomic E-state index is 0. The number of rotatable bonds is 6. The standard InChI is InChI=1S/C20H33N3O3S.ClH/c1-13-14(2)16(4)20(17(5)15(13)3)27(25,26)22-12-9-19(24)23(6)18-7-10-21-11-8-18;/h18,21-22H,7-12H2,1-6H3;1H. The Balaban J connectivity index is 0.00000392. The van der Waals surface area contributed by atoms with Crippen LogP contribution in [0.1, 0.15) is 47.1 Å². The number of sulfonamides is 1. The molecular formula is C20H34ClN3O3S. The van der Waals surface area contributed by atoms with Crippen LogP contribution in [0.25, 0.3) is 0 Å². The molecular weight excluding hydrogens is 398 g/mol. The van der Waals surface area contributed by atoms with Crippen LogP contribution in [0, 0.1) is 34.6 Å². The van der Waals surface area contributed by atoms with Crippen LogP contribution in [0.15, 0.2) is 4.90 Å². The predicted molar refractivity (Wildman–Crippen MR) is 116 cm³/mol. The van der Waals surface area contributed by atoms with Crippen LogP contribution in [0.4, 0.5) is 0 Å². The van der Waals surface area contributed by atoms with E-state index in [0.29, 0.717) is 4.90 Å². The summed E-state index contributed by atoms with van der Waals surface area (Å²) in [6, 6.07) is 0.238. The lowest BCUT2D eigenvalue weighted by molar-refractivity contribution is -0.132. The molecule has 1 aliphatic heterocycles. The van der Waals surface area contributed by atoms with Gasteiger partial charge in [0.25, 0.3) is 0 Å². The van der Waals surface area contributed by atoms with E-state index in [1.54, 1.807) is 4.90 Å². The summed E-state index contributed by atoms with van der Waals surface area (Å²) < 4.78 is 28.4. The first-order valence-corrected chi connectivity index (χ1v) is 11.1. The molecule has 0 aromatic heterocycles. The molecule has 6 nitrogen and oxygen atoms in total. The van der Waals surface area contributed by atoms with Crippen molar-refractivity contribution in [1.82, 2.24) is 14.9 Å². The number of carbonyl (C=O) groups is 1. The quantitative estimate of drug-likeness (QED) is 0.725. The largest absolute Gasteiger partial charge is 0.343 e. The third-order valence-electron chi connectivity index (χ3n) is 6.08. The molecule has 0 aliphatic carbocycles. The summed E-state index contributed by atoms with van der Waals surface area (Å²) in [5, 5.41) is 3.28. The molecule has 160 valence electrons. The molecule has 1 aromatic carbocycles. The SMILES string of the molecule is Cc1c(C)c(C)c(S(=O)(=O)NCCC(=O)N(C)C2CCNCC2)c(C)c1C.Cl. The summed E-state index contributed by atoms with van der Waals surface area (Å²) in [5.41, 5.74) is 4.69. The molecule has 1 amide bonds. The lowest BCUT2D eigenvalue weighted by atomic mass is 9.95. The van der Waals surface area contributed by atoms with Gasteiger partial charge in [0.1, 0.15) is 0 Å². The van der Waals surface area contributed by atoms with Crippen LogP contribution < -0.4 is 10.0 Å². The van der Waals surface area contributed by atoms with Gasteiger partial charge in [-0.25, -0.2) is 13.1 Å². The number of hydrogen-bond donors (Lipinski definition) is 2. The van der Waals surface area contributed by atoms with Gasteiger partial charge in [0.05, 0.1) is 4.90 Å². The van der Waals surface area contributed by atoms with Gasteiger partial charge in [-0.05, 0) is 88.4 Å². The molecule has 0 atom stereocenters. The van der Waals surface area contributed by atoms with Crippen LogP contribution >= 0.6 is 12.4 Å². The second-order valence-electron chi connectivity index (χ2n) is 7.59. The lowest BCUT2D eigenvalue weighted by Gasteiger charge is -2.31. The van der Waals surface area contributed by atoms with Crippen LogP contribution in [0.2, 0.25) is 0 Å². The first-order valence-electron chi connectivity index (χ1n) is 9.61. The molecule has 0 unspecified atom stereocenters. The molecule has 0 saturated carbocycles. The molecule has 1 aromatic rings. The van der Waals surface area contributed by atoms with Crippen molar-refractivity contribution in [2.24, 2.45) is 0 Å². The monoisotopic (exact) mass is 431 g/mol. The van der Waals surface area contributed by atoms with E-state index in [1.807, 2.05) is 41.7 Å². The van der Waals surface area contributed by atoms with E-state index >= 15 is 0 Å². The molecule has 2 rings (SSSR count). The van der Waals surface area contributed by atoms with Crippen molar-refractivity contribution < 1.29 is 13.2 Å². The Labute approximate surface area is 175 Å². The summed E-state index contributed by atoms with van der Waals surface area (Å²) in [7, 11) is -1.85. The van der Waals surface area contributed by atoms with Crippen molar-refractivity contribution in [1.29, 1.82) is 0 Å². The average Bonchev–Trinajstić information content (AvgIpc) is 2.64. The molecule has 2 N–H and O–H groups in total. The number of amides is 1. The highest BCUT2D eigenvalue weighted by molar-refractivity contribution is 7.89. The third kappa shape index (κ3) is 5.26. The van der Waals surface area contributed by atoms with Gasteiger partial charge in [0.15, 0.2) is 0 Å². The highest BCUT2D eigenvalue weighted by Crippen LogP contribution is 2.29. The number of carbonyl (C=O) groups excluding carboxylic acids is 1. The maximum atomic E-state index is 12.9. The van der Waals surface area contributed by atoms with Gasteiger partial charge in [0.2, 0.25) is 15.9 Å². The fourth-order valence-corrected chi connectivity index (χ4v) is 5.43. The lowest BCUT2D eigenvalue weighted by Crippen LogP contribution is -2.44. The summed E-state index contributed by atoms with van der Waals surface area (Å²) in [4.78, 5) is 14.5. The highest BCUT2D eigenvalue weighted by Gasteiger charge is 2.25. The number of piperidine rings is 1. The third-order valence-corrected chi connectivity index (χ3v) is 7.81. The fourth-order valence-electron chi connectivity index (χ4n) is 3.81. The van der Waals surface area contributed by atoms with Crippen LogP contribution in [-0.4, -0.2) is 51.9 Å². The Morgan fingerprint density at radius 1 is 1.00 bits per heavy atom. The Bertz CT molecular complexity index is 789. The molecule has 0 bridgehead atoms. The van der Waals surface area contributed by atoms with Crippen molar-refractivity contribution >= 4 is 28.3 Å². The van der Waals surface area contributed by atoms with Crippen LogP contribution in [0.5, 0.6) is 0 Å². The van der Waals surface area contributed by atoms with Gasteiger partial charge in [0, 0.05) is 26.1 Å². The number of nitrogens with one attached hydrogen (secondary N) is 2. The van der Waals surface area contributed by atoms with E-state index in [0.717, 1.165) is 53.7 Å². The predicted octanol–water partition coefficient (Wildman–Crippen LogP) is 2.53. The second-order valence-corrected chi connectivity index (χ2v) is 9.29. The number of nitrogens with zero attached hydrogens (tertiary/aromatic N) is 1. The van der Waals surface area contributed by atoms with Crippen molar-refractivity contribution in [3.8, 4) is 0 Å². The van der Waals surface area contributed by atoms with Crippen LogP contribution in [0.3, 0.4) is 0 Å². The van der Waals surface area contributed by atoms with E-state index in [2.05, 4.69) is 10.0 Å². The molecule has 28 heavy (non-hydrogen) atoms. The van der Waals surface area contributed by atoms with Gasteiger partial charge >= 0.3 is 0 Å². The zero-order valence-electron chi connectivity index (χ0n) is 17.8. The van der Waals surface area contributed by atoms with Crippen molar-refractivity contribution in [3.05, 3.63) is 27.8 Å². The summed E-state index contributed by atoms with van der Waals surface area (Å²) in [6.45, 7) is 11.6. The fraction of sp³-hybridized carbons (Fsp3) is 0.650. The number of hydrogen-bond acceptors (Lipinski definition) is 4. The maximum Gasteiger partial charge on any atom is 0.241 e. The minimum Gasteiger partial charge on any atom is -0.343 e. The zero-order valence-corrected chi connectivity index (χ0v) is 19.4. The molecule has 0 spiro atoms. The van der Waals surface area contributed by atoms with Gasteiger partial charge in [-0.3, -0.25) is 4.79 Å². The number of halogens is 1. The van der Waals surface area contributed by atoms with Crippen LogP contribution in [-0.2, 0) is 14.8 Å². The molecule has 0 radical (unpaired) electrons. The first kappa shape index (κ1) is 24.9. The minimum atomic E-state index is -3.66. The maximum absolute atomic E-state index is 12.9. The second kappa shape index (κ2) is 10.1. The van der Waals surface area contributed by atoms with Crippen molar-refractivity contribution in [3.63, 3.8) is 0 Å². The smallest absolute Gasteiger partial charge is 0.241 e. The van der Waals surface area contributed by atoms with E-state index < -0.39 is 10.0 Å². The summed E-state index contributed by atoms with van der Waals surface area (Å²) >= 11 is 0. The Hall–Kier alpha value is -1.15. The van der Waals surface area contributed by atoms with Gasteiger partial charge in [-0.2, -0.15) is 0 Å². The molecule has 1 fully saturated rings. The topological polar surface area (TPSA) is 78.5 Å².